The van der Waals surface area contributed by atoms with Crippen molar-refractivity contribution in [1.82, 2.24) is 0 Å². The second-order valence-electron chi connectivity index (χ2n) is 7.68. The Hall–Kier alpha value is -1.63. The van der Waals surface area contributed by atoms with Crippen molar-refractivity contribution in [3.63, 3.8) is 0 Å². The van der Waals surface area contributed by atoms with Crippen LogP contribution in [0.1, 0.15) is 36.0 Å². The molecule has 0 unspecified atom stereocenters. The molecule has 0 spiro atoms. The first-order valence-electron chi connectivity index (χ1n) is 11.1. The SMILES string of the molecule is Cc1ccc(S(=O)(=O)OCCCc2cc(Br)ccc2F)cc1.N#CCCCc1cc(Br)ccc1F.[C-]#N.[Na+]. The van der Waals surface area contributed by atoms with E-state index in [-0.39, 0.29) is 52.7 Å². The number of hydrogen-bond donors (Lipinski definition) is 0. The van der Waals surface area contributed by atoms with E-state index in [4.69, 9.17) is 21.3 Å². The summed E-state index contributed by atoms with van der Waals surface area (Å²) in [6.07, 6.45) is 2.64. The summed E-state index contributed by atoms with van der Waals surface area (Å²) >= 11 is 6.55. The third-order valence-electron chi connectivity index (χ3n) is 4.89. The minimum atomic E-state index is -3.75. The number of rotatable bonds is 9. The zero-order chi connectivity index (χ0) is 27.8. The van der Waals surface area contributed by atoms with Crippen LogP contribution in [0.4, 0.5) is 8.78 Å². The summed E-state index contributed by atoms with van der Waals surface area (Å²) in [7, 11) is -3.75. The van der Waals surface area contributed by atoms with Gasteiger partial charge in [0.05, 0.1) is 17.6 Å². The van der Waals surface area contributed by atoms with Crippen molar-refractivity contribution >= 4 is 42.0 Å². The van der Waals surface area contributed by atoms with Crippen LogP contribution in [0, 0.1) is 41.7 Å². The molecule has 196 valence electrons. The molecule has 0 amide bonds. The molecule has 0 heterocycles. The van der Waals surface area contributed by atoms with E-state index >= 15 is 0 Å². The quantitative estimate of drug-likeness (QED) is 0.141. The van der Waals surface area contributed by atoms with Crippen LogP contribution in [0.15, 0.2) is 74.5 Å². The number of aryl methyl sites for hydroxylation is 3. The van der Waals surface area contributed by atoms with Crippen molar-refractivity contribution in [2.75, 3.05) is 6.61 Å². The van der Waals surface area contributed by atoms with Gasteiger partial charge in [-0.25, -0.2) is 8.78 Å². The standard InChI is InChI=1S/C16H16BrFO3S.C10H9BrFN.CN.Na/c1-12-4-7-15(8-5-12)22(19,20)21-10-2-3-13-11-14(17)6-9-16(13)18;11-9-4-5-10(12)8(7-9)3-1-2-6-13;1-2;/h4-9,11H,2-3,10H2,1H3;4-5,7H,1-3H2;;/q;;-1;+1. The molecule has 38 heavy (non-hydrogen) atoms. The molecular weight excluding hydrogens is 653 g/mol. The molecule has 3 aromatic carbocycles. The minimum absolute atomic E-state index is 0. The van der Waals surface area contributed by atoms with Crippen LogP contribution in [0.5, 0.6) is 0 Å². The van der Waals surface area contributed by atoms with Crippen LogP contribution >= 0.6 is 31.9 Å². The third kappa shape index (κ3) is 13.4. The molecule has 5 nitrogen and oxygen atoms in total. The molecule has 0 N–H and O–H groups in total. The molecule has 0 saturated heterocycles. The zero-order valence-electron chi connectivity index (χ0n) is 21.1. The normalized spacial score (nSPS) is 10.1. The summed E-state index contributed by atoms with van der Waals surface area (Å²) in [5.41, 5.74) is 2.18. The van der Waals surface area contributed by atoms with Gasteiger partial charge in [0, 0.05) is 15.4 Å². The summed E-state index contributed by atoms with van der Waals surface area (Å²) in [4.78, 5) is 0.131. The molecule has 11 heteroatoms. The Balaban J connectivity index is 0.000000735. The molecule has 0 aliphatic carbocycles. The Morgan fingerprint density at radius 2 is 1.34 bits per heavy atom. The summed E-state index contributed by atoms with van der Waals surface area (Å²) in [6, 6.07) is 18.0. The van der Waals surface area contributed by atoms with E-state index in [1.165, 1.54) is 24.3 Å². The second-order valence-corrected chi connectivity index (χ2v) is 11.1. The van der Waals surface area contributed by atoms with Crippen LogP contribution in [-0.4, -0.2) is 15.0 Å². The monoisotopic (exact) mass is 676 g/mol. The Kier molecular flexibility index (Phi) is 18.6. The number of nitriles is 1. The molecular formula is C27H25Br2F2N2NaO3S. The van der Waals surface area contributed by atoms with Gasteiger partial charge in [-0.3, -0.25) is 4.18 Å². The van der Waals surface area contributed by atoms with Crippen LogP contribution in [0.2, 0.25) is 0 Å². The molecule has 0 aliphatic heterocycles. The Morgan fingerprint density at radius 3 is 1.82 bits per heavy atom. The Morgan fingerprint density at radius 1 is 0.868 bits per heavy atom. The van der Waals surface area contributed by atoms with E-state index in [0.29, 0.717) is 43.2 Å². The molecule has 0 atom stereocenters. The summed E-state index contributed by atoms with van der Waals surface area (Å²) < 4.78 is 57.2. The third-order valence-corrected chi connectivity index (χ3v) is 7.20. The summed E-state index contributed by atoms with van der Waals surface area (Å²) in [5, 5.41) is 14.6. The Labute approximate surface area is 262 Å². The van der Waals surface area contributed by atoms with Gasteiger partial charge >= 0.3 is 29.6 Å². The van der Waals surface area contributed by atoms with Crippen LogP contribution < -0.4 is 29.6 Å². The molecule has 0 saturated carbocycles. The average Bonchev–Trinajstić information content (AvgIpc) is 2.88. The predicted molar refractivity (Wildman–Crippen MR) is 144 cm³/mol. The van der Waals surface area contributed by atoms with Crippen LogP contribution in [0.25, 0.3) is 0 Å². The van der Waals surface area contributed by atoms with Gasteiger partial charge in [0.25, 0.3) is 10.1 Å². The van der Waals surface area contributed by atoms with E-state index in [1.807, 2.05) is 13.0 Å². The smallest absolute Gasteiger partial charge is 0.512 e. The van der Waals surface area contributed by atoms with Gasteiger partial charge in [-0.05, 0) is 92.3 Å². The fourth-order valence-electron chi connectivity index (χ4n) is 3.03. The van der Waals surface area contributed by atoms with Crippen molar-refractivity contribution in [1.29, 1.82) is 10.5 Å². The average molecular weight is 678 g/mol. The second kappa shape index (κ2) is 19.4. The summed E-state index contributed by atoms with van der Waals surface area (Å²) in [6.45, 7) is 6.64. The molecule has 0 aromatic heterocycles. The maximum atomic E-state index is 13.6. The first kappa shape index (κ1) is 36.4. The van der Waals surface area contributed by atoms with Crippen molar-refractivity contribution < 1.29 is 50.9 Å². The van der Waals surface area contributed by atoms with Crippen molar-refractivity contribution in [2.45, 2.75) is 43.9 Å². The molecule has 3 aromatic rings. The first-order chi connectivity index (χ1) is 17.6. The fourth-order valence-corrected chi connectivity index (χ4v) is 4.79. The summed E-state index contributed by atoms with van der Waals surface area (Å²) in [5.74, 6) is -0.495. The van der Waals surface area contributed by atoms with E-state index in [0.717, 1.165) is 14.5 Å². The van der Waals surface area contributed by atoms with Gasteiger partial charge in [0.2, 0.25) is 0 Å². The van der Waals surface area contributed by atoms with E-state index in [2.05, 4.69) is 31.9 Å². The van der Waals surface area contributed by atoms with Gasteiger partial charge in [-0.1, -0.05) is 49.6 Å². The maximum Gasteiger partial charge on any atom is 1.00 e. The van der Waals surface area contributed by atoms with Gasteiger partial charge < -0.3 is 11.8 Å². The van der Waals surface area contributed by atoms with E-state index in [9.17, 15) is 17.2 Å². The van der Waals surface area contributed by atoms with Crippen molar-refractivity contribution in [2.24, 2.45) is 0 Å². The van der Waals surface area contributed by atoms with Gasteiger partial charge in [-0.2, -0.15) is 13.7 Å². The van der Waals surface area contributed by atoms with Gasteiger partial charge in [0.1, 0.15) is 11.6 Å². The van der Waals surface area contributed by atoms with Crippen molar-refractivity contribution in [3.05, 3.63) is 105 Å². The number of unbranched alkanes of at least 4 members (excludes halogenated alkanes) is 1. The van der Waals surface area contributed by atoms with Gasteiger partial charge in [-0.15, -0.1) is 0 Å². The van der Waals surface area contributed by atoms with Gasteiger partial charge in [0.15, 0.2) is 0 Å². The van der Waals surface area contributed by atoms with E-state index < -0.39 is 10.1 Å². The topological polar surface area (TPSA) is 90.9 Å². The minimum Gasteiger partial charge on any atom is -0.512 e. The Bertz CT molecular complexity index is 1320. The number of halogens is 4. The molecule has 0 radical (unpaired) electrons. The van der Waals surface area contributed by atoms with Crippen molar-refractivity contribution in [3.8, 4) is 6.07 Å². The predicted octanol–water partition coefficient (Wildman–Crippen LogP) is 4.77. The van der Waals surface area contributed by atoms with Crippen LogP contribution in [-0.2, 0) is 27.1 Å². The van der Waals surface area contributed by atoms with E-state index in [1.54, 1.807) is 36.4 Å². The molecule has 0 aliphatic rings. The largest absolute Gasteiger partial charge is 1.00 e. The number of nitrogens with zero attached hydrogens (tertiary/aromatic N) is 2. The first-order valence-corrected chi connectivity index (χ1v) is 14.0. The molecule has 3 rings (SSSR count). The maximum absolute atomic E-state index is 13.6. The zero-order valence-corrected chi connectivity index (χ0v) is 27.0. The van der Waals surface area contributed by atoms with Crippen LogP contribution in [0.3, 0.4) is 0 Å². The molecule has 0 bridgehead atoms. The number of hydrogen-bond acceptors (Lipinski definition) is 5. The number of benzene rings is 3. The fraction of sp³-hybridized carbons (Fsp3) is 0.259. The molecule has 0 fully saturated rings.